The van der Waals surface area contributed by atoms with Gasteiger partial charge in [-0.3, -0.25) is 19.2 Å². The molecule has 0 aliphatic heterocycles. The van der Waals surface area contributed by atoms with Crippen LogP contribution in [0.4, 0.5) is 0 Å². The molecule has 136 valence electrons. The zero-order chi connectivity index (χ0) is 18.7. The fraction of sp³-hybridized carbons (Fsp3) is 0.444. The number of amides is 2. The Kier molecular flexibility index (Phi) is 8.92. The molecule has 25 heavy (non-hydrogen) atoms. The molecule has 0 unspecified atom stereocenters. The van der Waals surface area contributed by atoms with Crippen LogP contribution in [0.5, 0.6) is 0 Å². The van der Waals surface area contributed by atoms with Crippen molar-refractivity contribution in [1.29, 1.82) is 0 Å². The van der Waals surface area contributed by atoms with Gasteiger partial charge in [0.1, 0.15) is 0 Å². The van der Waals surface area contributed by atoms with Crippen LogP contribution in [0.1, 0.15) is 36.5 Å². The highest BCUT2D eigenvalue weighted by Crippen LogP contribution is 2.07. The maximum absolute atomic E-state index is 12.4. The lowest BCUT2D eigenvalue weighted by molar-refractivity contribution is -0.142. The van der Waals surface area contributed by atoms with Gasteiger partial charge in [-0.25, -0.2) is 0 Å². The summed E-state index contributed by atoms with van der Waals surface area (Å²) < 4.78 is 4.58. The summed E-state index contributed by atoms with van der Waals surface area (Å²) in [6.45, 7) is 2.13. The van der Waals surface area contributed by atoms with E-state index in [0.717, 1.165) is 0 Å². The summed E-state index contributed by atoms with van der Waals surface area (Å²) in [4.78, 5) is 48.1. The number of carbonyl (C=O) groups excluding carboxylic acids is 4. The molecule has 0 aliphatic rings. The highest BCUT2D eigenvalue weighted by Gasteiger charge is 2.17. The Hall–Kier alpha value is -2.70. The number of rotatable bonds is 10. The van der Waals surface area contributed by atoms with Crippen molar-refractivity contribution < 1.29 is 23.9 Å². The number of nitrogens with one attached hydrogen (secondary N) is 1. The van der Waals surface area contributed by atoms with E-state index in [9.17, 15) is 19.2 Å². The lowest BCUT2D eigenvalue weighted by Gasteiger charge is -2.22. The average molecular weight is 348 g/mol. The SMILES string of the molecule is COC(=O)CCN(CCNC(C)=O)C(=O)CCC(=O)c1ccccc1. The monoisotopic (exact) mass is 348 g/mol. The summed E-state index contributed by atoms with van der Waals surface area (Å²) in [6.07, 6.45) is 0.210. The molecule has 0 bridgehead atoms. The maximum Gasteiger partial charge on any atom is 0.307 e. The molecule has 0 saturated heterocycles. The minimum absolute atomic E-state index is 0.0506. The Bertz CT molecular complexity index is 601. The number of carbonyl (C=O) groups is 4. The topological polar surface area (TPSA) is 92.8 Å². The van der Waals surface area contributed by atoms with Gasteiger partial charge in [0.15, 0.2) is 5.78 Å². The lowest BCUT2D eigenvalue weighted by atomic mass is 10.1. The Labute approximate surface area is 147 Å². The zero-order valence-electron chi connectivity index (χ0n) is 14.6. The van der Waals surface area contributed by atoms with E-state index in [1.165, 1.54) is 18.9 Å². The maximum atomic E-state index is 12.4. The smallest absolute Gasteiger partial charge is 0.307 e. The predicted molar refractivity (Wildman–Crippen MR) is 91.9 cm³/mol. The van der Waals surface area contributed by atoms with Crippen molar-refractivity contribution >= 4 is 23.6 Å². The lowest BCUT2D eigenvalue weighted by Crippen LogP contribution is -2.39. The van der Waals surface area contributed by atoms with Crippen LogP contribution >= 0.6 is 0 Å². The van der Waals surface area contributed by atoms with E-state index in [1.807, 2.05) is 6.07 Å². The second-order valence-corrected chi connectivity index (χ2v) is 5.48. The second kappa shape index (κ2) is 11.0. The molecular formula is C18H24N2O5. The summed E-state index contributed by atoms with van der Waals surface area (Å²) in [5.41, 5.74) is 0.564. The van der Waals surface area contributed by atoms with Gasteiger partial charge in [-0.2, -0.15) is 0 Å². The molecule has 0 spiro atoms. The third-order valence-corrected chi connectivity index (χ3v) is 3.58. The minimum atomic E-state index is -0.419. The van der Waals surface area contributed by atoms with Gasteiger partial charge in [0.2, 0.25) is 11.8 Å². The number of Topliss-reactive ketones (excluding diaryl/α,β-unsaturated/α-hetero) is 1. The van der Waals surface area contributed by atoms with Crippen molar-refractivity contribution in [3.05, 3.63) is 35.9 Å². The largest absolute Gasteiger partial charge is 0.469 e. The van der Waals surface area contributed by atoms with Gasteiger partial charge in [0.05, 0.1) is 13.5 Å². The molecule has 0 fully saturated rings. The quantitative estimate of drug-likeness (QED) is 0.506. The third-order valence-electron chi connectivity index (χ3n) is 3.58. The van der Waals surface area contributed by atoms with Crippen molar-refractivity contribution in [2.75, 3.05) is 26.7 Å². The Morgan fingerprint density at radius 2 is 1.68 bits per heavy atom. The number of methoxy groups -OCH3 is 1. The molecule has 0 saturated carbocycles. The third kappa shape index (κ3) is 8.10. The summed E-state index contributed by atoms with van der Waals surface area (Å²) in [7, 11) is 1.28. The van der Waals surface area contributed by atoms with E-state index in [2.05, 4.69) is 10.1 Å². The van der Waals surface area contributed by atoms with Crippen molar-refractivity contribution in [2.45, 2.75) is 26.2 Å². The van der Waals surface area contributed by atoms with E-state index in [1.54, 1.807) is 24.3 Å². The highest BCUT2D eigenvalue weighted by atomic mass is 16.5. The summed E-state index contributed by atoms with van der Waals surface area (Å²) in [5.74, 6) is -0.959. The van der Waals surface area contributed by atoms with Crippen LogP contribution in [0.15, 0.2) is 30.3 Å². The molecule has 1 aromatic rings. The van der Waals surface area contributed by atoms with E-state index < -0.39 is 5.97 Å². The standard InChI is InChI=1S/C18H24N2O5/c1-14(21)19-11-13-20(12-10-18(24)25-2)17(23)9-8-16(22)15-6-4-3-5-7-15/h3-7H,8-13H2,1-2H3,(H,19,21). The number of hydrogen-bond acceptors (Lipinski definition) is 5. The summed E-state index contributed by atoms with van der Waals surface area (Å²) in [5, 5.41) is 2.61. The molecular weight excluding hydrogens is 324 g/mol. The van der Waals surface area contributed by atoms with Gasteiger partial charge < -0.3 is 15.0 Å². The van der Waals surface area contributed by atoms with Crippen LogP contribution in [-0.2, 0) is 19.1 Å². The first-order valence-electron chi connectivity index (χ1n) is 8.11. The van der Waals surface area contributed by atoms with Crippen molar-refractivity contribution in [2.24, 2.45) is 0 Å². The van der Waals surface area contributed by atoms with E-state index in [-0.39, 0.29) is 56.5 Å². The van der Waals surface area contributed by atoms with Gasteiger partial charge in [-0.1, -0.05) is 30.3 Å². The number of nitrogens with zero attached hydrogens (tertiary/aromatic N) is 1. The van der Waals surface area contributed by atoms with Gasteiger partial charge in [-0.05, 0) is 0 Å². The molecule has 0 atom stereocenters. The fourth-order valence-electron chi connectivity index (χ4n) is 2.20. The van der Waals surface area contributed by atoms with Crippen LogP contribution in [-0.4, -0.2) is 55.2 Å². The predicted octanol–water partition coefficient (Wildman–Crippen LogP) is 1.18. The van der Waals surface area contributed by atoms with Gasteiger partial charge in [0.25, 0.3) is 0 Å². The number of esters is 1. The number of ether oxygens (including phenoxy) is 1. The molecule has 7 nitrogen and oxygen atoms in total. The number of ketones is 1. The second-order valence-electron chi connectivity index (χ2n) is 5.48. The number of benzene rings is 1. The van der Waals surface area contributed by atoms with Crippen LogP contribution in [0.3, 0.4) is 0 Å². The number of hydrogen-bond donors (Lipinski definition) is 1. The van der Waals surface area contributed by atoms with Crippen molar-refractivity contribution in [3.63, 3.8) is 0 Å². The molecule has 2 amide bonds. The Morgan fingerprint density at radius 3 is 2.28 bits per heavy atom. The van der Waals surface area contributed by atoms with Crippen LogP contribution in [0, 0.1) is 0 Å². The van der Waals surface area contributed by atoms with E-state index in [0.29, 0.717) is 5.56 Å². The average Bonchev–Trinajstić information content (AvgIpc) is 2.62. The van der Waals surface area contributed by atoms with Crippen molar-refractivity contribution in [3.8, 4) is 0 Å². The minimum Gasteiger partial charge on any atom is -0.469 e. The van der Waals surface area contributed by atoms with Crippen LogP contribution < -0.4 is 5.32 Å². The molecule has 0 heterocycles. The van der Waals surface area contributed by atoms with Crippen LogP contribution in [0.25, 0.3) is 0 Å². The van der Waals surface area contributed by atoms with Crippen LogP contribution in [0.2, 0.25) is 0 Å². The molecule has 7 heteroatoms. The fourth-order valence-corrected chi connectivity index (χ4v) is 2.20. The summed E-state index contributed by atoms with van der Waals surface area (Å²) >= 11 is 0. The van der Waals surface area contributed by atoms with E-state index >= 15 is 0 Å². The first-order valence-corrected chi connectivity index (χ1v) is 8.11. The molecule has 0 radical (unpaired) electrons. The first kappa shape index (κ1) is 20.3. The Morgan fingerprint density at radius 1 is 1.00 bits per heavy atom. The zero-order valence-corrected chi connectivity index (χ0v) is 14.6. The van der Waals surface area contributed by atoms with E-state index in [4.69, 9.17) is 0 Å². The normalized spacial score (nSPS) is 10.0. The summed E-state index contributed by atoms with van der Waals surface area (Å²) in [6, 6.07) is 8.77. The highest BCUT2D eigenvalue weighted by molar-refractivity contribution is 5.97. The first-order chi connectivity index (χ1) is 11.9. The molecule has 1 N–H and O–H groups in total. The Balaban J connectivity index is 2.55. The van der Waals surface area contributed by atoms with Gasteiger partial charge in [0, 0.05) is 45.0 Å². The van der Waals surface area contributed by atoms with Crippen molar-refractivity contribution in [1.82, 2.24) is 10.2 Å². The van der Waals surface area contributed by atoms with Gasteiger partial charge >= 0.3 is 5.97 Å². The molecule has 0 aromatic heterocycles. The molecule has 1 aromatic carbocycles. The molecule has 1 rings (SSSR count). The van der Waals surface area contributed by atoms with Gasteiger partial charge in [-0.15, -0.1) is 0 Å². The molecule has 0 aliphatic carbocycles.